The number of nitro benzene ring substituents is 1. The van der Waals surface area contributed by atoms with Gasteiger partial charge in [0.1, 0.15) is 15.9 Å². The van der Waals surface area contributed by atoms with Gasteiger partial charge in [0.15, 0.2) is 6.19 Å². The summed E-state index contributed by atoms with van der Waals surface area (Å²) in [6, 6.07) is 2.54. The van der Waals surface area contributed by atoms with Crippen LogP contribution in [0.5, 0.6) is 0 Å². The highest BCUT2D eigenvalue weighted by Crippen LogP contribution is 2.15. The Morgan fingerprint density at radius 3 is 2.35 bits per heavy atom. The van der Waals surface area contributed by atoms with Gasteiger partial charge in [-0.2, -0.15) is 5.26 Å². The Bertz CT molecular complexity index is 830. The first-order valence-electron chi connectivity index (χ1n) is 7.28. The Morgan fingerprint density at radius 1 is 1.35 bits per heavy atom. The summed E-state index contributed by atoms with van der Waals surface area (Å²) in [5.41, 5.74) is 0.0278. The predicted octanol–water partition coefficient (Wildman–Crippen LogP) is 0.459. The second-order valence-electron chi connectivity index (χ2n) is 5.23. The van der Waals surface area contributed by atoms with E-state index in [1.54, 1.807) is 6.19 Å². The SMILES string of the molecule is CCN(C#N)C(=O)C(CS(C)(=O)=O)NC(=O)Nc1ccc([N+](=O)[O-])cc1. The topological polar surface area (TPSA) is 163 Å². The number of non-ortho nitro benzene ring substituents is 1. The van der Waals surface area contributed by atoms with Crippen molar-refractivity contribution in [3.63, 3.8) is 0 Å². The summed E-state index contributed by atoms with van der Waals surface area (Å²) in [5, 5.41) is 24.0. The van der Waals surface area contributed by atoms with Crippen molar-refractivity contribution < 1.29 is 22.9 Å². The van der Waals surface area contributed by atoms with Crippen LogP contribution >= 0.6 is 0 Å². The van der Waals surface area contributed by atoms with E-state index in [1.807, 2.05) is 0 Å². The second kappa shape index (κ2) is 8.77. The summed E-state index contributed by atoms with van der Waals surface area (Å²) >= 11 is 0. The Morgan fingerprint density at radius 2 is 1.92 bits per heavy atom. The number of carbonyl (C=O) groups excluding carboxylic acids is 2. The van der Waals surface area contributed by atoms with Crippen LogP contribution in [0.3, 0.4) is 0 Å². The van der Waals surface area contributed by atoms with Gasteiger partial charge in [0.05, 0.1) is 10.7 Å². The molecule has 0 aliphatic carbocycles. The number of anilines is 1. The third-order valence-corrected chi connectivity index (χ3v) is 4.05. The van der Waals surface area contributed by atoms with Gasteiger partial charge >= 0.3 is 6.03 Å². The predicted molar refractivity (Wildman–Crippen MR) is 91.7 cm³/mol. The van der Waals surface area contributed by atoms with E-state index in [9.17, 15) is 28.1 Å². The number of benzene rings is 1. The molecule has 1 atom stereocenters. The molecule has 11 nitrogen and oxygen atoms in total. The van der Waals surface area contributed by atoms with Crippen LogP contribution in [-0.4, -0.2) is 54.8 Å². The Kier molecular flexibility index (Phi) is 7.03. The van der Waals surface area contributed by atoms with Crippen LogP contribution in [0.4, 0.5) is 16.2 Å². The van der Waals surface area contributed by atoms with Crippen molar-refractivity contribution in [3.05, 3.63) is 34.4 Å². The number of amides is 3. The quantitative estimate of drug-likeness (QED) is 0.299. The summed E-state index contributed by atoms with van der Waals surface area (Å²) in [7, 11) is -3.63. The fraction of sp³-hybridized carbons (Fsp3) is 0.357. The number of nitriles is 1. The van der Waals surface area contributed by atoms with E-state index in [1.165, 1.54) is 31.2 Å². The van der Waals surface area contributed by atoms with Crippen LogP contribution in [0.15, 0.2) is 24.3 Å². The summed E-state index contributed by atoms with van der Waals surface area (Å²) < 4.78 is 23.0. The fourth-order valence-corrected chi connectivity index (χ4v) is 2.76. The third kappa shape index (κ3) is 6.36. The molecule has 0 fully saturated rings. The van der Waals surface area contributed by atoms with Crippen molar-refractivity contribution in [3.8, 4) is 6.19 Å². The maximum atomic E-state index is 12.2. The molecule has 0 spiro atoms. The zero-order valence-electron chi connectivity index (χ0n) is 14.0. The highest BCUT2D eigenvalue weighted by molar-refractivity contribution is 7.90. The molecule has 0 radical (unpaired) electrons. The molecule has 0 aliphatic heterocycles. The Balaban J connectivity index is 2.89. The van der Waals surface area contributed by atoms with Crippen molar-refractivity contribution in [2.75, 3.05) is 23.9 Å². The average Bonchev–Trinajstić information content (AvgIpc) is 2.54. The molecule has 0 saturated carbocycles. The first-order valence-corrected chi connectivity index (χ1v) is 9.34. The second-order valence-corrected chi connectivity index (χ2v) is 7.41. The molecular formula is C14H17N5O6S. The number of urea groups is 1. The van der Waals surface area contributed by atoms with Gasteiger partial charge in [-0.05, 0) is 19.1 Å². The average molecular weight is 383 g/mol. The van der Waals surface area contributed by atoms with E-state index in [0.717, 1.165) is 11.2 Å². The van der Waals surface area contributed by atoms with E-state index in [4.69, 9.17) is 5.26 Å². The molecule has 0 aromatic heterocycles. The lowest BCUT2D eigenvalue weighted by atomic mass is 10.3. The van der Waals surface area contributed by atoms with Crippen molar-refractivity contribution in [2.45, 2.75) is 13.0 Å². The Labute approximate surface area is 149 Å². The van der Waals surface area contributed by atoms with Crippen molar-refractivity contribution in [2.24, 2.45) is 0 Å². The molecule has 0 saturated heterocycles. The number of nitro groups is 1. The van der Waals surface area contributed by atoms with Crippen LogP contribution < -0.4 is 10.6 Å². The van der Waals surface area contributed by atoms with Crippen LogP contribution in [0, 0.1) is 21.6 Å². The molecule has 0 aliphatic rings. The lowest BCUT2D eigenvalue weighted by Crippen LogP contribution is -2.51. The molecule has 3 amide bonds. The minimum Gasteiger partial charge on any atom is -0.325 e. The maximum absolute atomic E-state index is 12.2. The van der Waals surface area contributed by atoms with Crippen molar-refractivity contribution in [1.82, 2.24) is 10.2 Å². The summed E-state index contributed by atoms with van der Waals surface area (Å²) in [6.45, 7) is 1.54. The standard InChI is InChI=1S/C14H17N5O6S/c1-3-18(9-15)13(20)12(8-26(2,24)25)17-14(21)16-10-4-6-11(7-5-10)19(22)23/h4-7,12H,3,8H2,1-2H3,(H2,16,17,21). The van der Waals surface area contributed by atoms with Gasteiger partial charge in [-0.25, -0.2) is 18.1 Å². The van der Waals surface area contributed by atoms with Gasteiger partial charge in [-0.1, -0.05) is 0 Å². The van der Waals surface area contributed by atoms with Crippen LogP contribution in [-0.2, 0) is 14.6 Å². The molecule has 1 unspecified atom stereocenters. The first-order chi connectivity index (χ1) is 12.1. The number of carbonyl (C=O) groups is 2. The summed E-state index contributed by atoms with van der Waals surface area (Å²) in [4.78, 5) is 34.9. The molecule has 0 heterocycles. The number of hydrogen-bond acceptors (Lipinski definition) is 7. The lowest BCUT2D eigenvalue weighted by molar-refractivity contribution is -0.384. The Hall–Kier alpha value is -3.20. The maximum Gasteiger partial charge on any atom is 0.319 e. The number of sulfone groups is 1. The van der Waals surface area contributed by atoms with Crippen LogP contribution in [0.1, 0.15) is 6.92 Å². The first kappa shape index (κ1) is 20.8. The monoisotopic (exact) mass is 383 g/mol. The van der Waals surface area contributed by atoms with Gasteiger partial charge in [0, 0.05) is 30.6 Å². The largest absolute Gasteiger partial charge is 0.325 e. The molecule has 1 rings (SSSR count). The van der Waals surface area contributed by atoms with E-state index >= 15 is 0 Å². The minimum absolute atomic E-state index is 0.0151. The van der Waals surface area contributed by atoms with E-state index in [-0.39, 0.29) is 17.9 Å². The molecule has 12 heteroatoms. The summed E-state index contributed by atoms with van der Waals surface area (Å²) in [6.07, 6.45) is 2.51. The van der Waals surface area contributed by atoms with Gasteiger partial charge in [0.25, 0.3) is 11.6 Å². The van der Waals surface area contributed by atoms with E-state index < -0.39 is 38.5 Å². The van der Waals surface area contributed by atoms with Crippen molar-refractivity contribution >= 4 is 33.2 Å². The van der Waals surface area contributed by atoms with E-state index in [0.29, 0.717) is 0 Å². The minimum atomic E-state index is -3.63. The highest BCUT2D eigenvalue weighted by Gasteiger charge is 2.28. The number of nitrogens with zero attached hydrogens (tertiary/aromatic N) is 3. The third-order valence-electron chi connectivity index (χ3n) is 3.11. The summed E-state index contributed by atoms with van der Waals surface area (Å²) in [5.74, 6) is -1.54. The number of hydrogen-bond donors (Lipinski definition) is 2. The molecule has 140 valence electrons. The van der Waals surface area contributed by atoms with Crippen molar-refractivity contribution in [1.29, 1.82) is 5.26 Å². The van der Waals surface area contributed by atoms with Gasteiger partial charge < -0.3 is 10.6 Å². The molecular weight excluding hydrogens is 366 g/mol. The zero-order chi connectivity index (χ0) is 19.9. The van der Waals surface area contributed by atoms with Crippen LogP contribution in [0.2, 0.25) is 0 Å². The van der Waals surface area contributed by atoms with E-state index in [2.05, 4.69) is 10.6 Å². The number of likely N-dealkylation sites (N-methyl/N-ethyl adjacent to an activating group) is 1. The van der Waals surface area contributed by atoms with Crippen LogP contribution in [0.25, 0.3) is 0 Å². The van der Waals surface area contributed by atoms with Gasteiger partial charge in [-0.3, -0.25) is 14.9 Å². The molecule has 1 aromatic rings. The normalized spacial score (nSPS) is 11.7. The lowest BCUT2D eigenvalue weighted by Gasteiger charge is -2.21. The molecule has 0 bridgehead atoms. The van der Waals surface area contributed by atoms with Gasteiger partial charge in [-0.15, -0.1) is 0 Å². The van der Waals surface area contributed by atoms with Gasteiger partial charge in [0.2, 0.25) is 0 Å². The zero-order valence-corrected chi connectivity index (χ0v) is 14.8. The number of nitrogens with one attached hydrogen (secondary N) is 2. The number of rotatable bonds is 7. The highest BCUT2D eigenvalue weighted by atomic mass is 32.2. The molecule has 2 N–H and O–H groups in total. The fourth-order valence-electron chi connectivity index (χ4n) is 1.93. The molecule has 1 aromatic carbocycles. The smallest absolute Gasteiger partial charge is 0.319 e. The molecule has 26 heavy (non-hydrogen) atoms.